The third kappa shape index (κ3) is 4.93. The molecule has 2 aromatic carbocycles. The number of benzene rings is 2. The van der Waals surface area contributed by atoms with Gasteiger partial charge in [-0.05, 0) is 37.6 Å². The maximum absolute atomic E-state index is 14.0. The molecular weight excluding hydrogens is 482 g/mol. The van der Waals surface area contributed by atoms with E-state index in [4.69, 9.17) is 28.7 Å². The molecule has 3 heterocycles. The molecule has 1 fully saturated rings. The van der Waals surface area contributed by atoms with Crippen molar-refractivity contribution >= 4 is 32.6 Å². The van der Waals surface area contributed by atoms with E-state index in [0.717, 1.165) is 44.0 Å². The Labute approximate surface area is 214 Å². The molecule has 1 saturated heterocycles. The van der Waals surface area contributed by atoms with Crippen molar-refractivity contribution < 1.29 is 28.5 Å². The third-order valence-electron chi connectivity index (χ3n) is 6.44. The topological polar surface area (TPSA) is 82.6 Å². The fourth-order valence-electron chi connectivity index (χ4n) is 4.51. The summed E-state index contributed by atoms with van der Waals surface area (Å²) >= 11 is 1.41. The number of ether oxygens (including phenoxy) is 5. The molecule has 36 heavy (non-hydrogen) atoms. The van der Waals surface area contributed by atoms with E-state index >= 15 is 0 Å². The van der Waals surface area contributed by atoms with E-state index in [-0.39, 0.29) is 5.91 Å². The molecule has 2 atom stereocenters. The molecule has 0 bridgehead atoms. The van der Waals surface area contributed by atoms with Crippen molar-refractivity contribution in [2.45, 2.75) is 25.6 Å². The van der Waals surface area contributed by atoms with Gasteiger partial charge in [0.2, 0.25) is 6.10 Å². The van der Waals surface area contributed by atoms with Crippen LogP contribution in [-0.2, 0) is 9.53 Å². The molecule has 1 amide bonds. The van der Waals surface area contributed by atoms with Crippen molar-refractivity contribution in [1.82, 2.24) is 9.88 Å². The summed E-state index contributed by atoms with van der Waals surface area (Å²) in [6.45, 7) is 6.50. The zero-order chi connectivity index (χ0) is 25.1. The predicted molar refractivity (Wildman–Crippen MR) is 138 cm³/mol. The molecule has 2 aliphatic rings. The highest BCUT2D eigenvalue weighted by Crippen LogP contribution is 2.41. The van der Waals surface area contributed by atoms with Crippen molar-refractivity contribution in [1.29, 1.82) is 0 Å². The number of rotatable bonds is 8. The Morgan fingerprint density at radius 2 is 1.78 bits per heavy atom. The monoisotopic (exact) mass is 513 g/mol. The summed E-state index contributed by atoms with van der Waals surface area (Å²) in [6.07, 6.45) is -0.458. The first-order valence-electron chi connectivity index (χ1n) is 12.1. The third-order valence-corrected chi connectivity index (χ3v) is 7.53. The van der Waals surface area contributed by atoms with Gasteiger partial charge in [0.15, 0.2) is 16.6 Å². The Kier molecular flexibility index (Phi) is 7.45. The number of morpholine rings is 1. The van der Waals surface area contributed by atoms with Gasteiger partial charge in [-0.25, -0.2) is 4.98 Å². The predicted octanol–water partition coefficient (Wildman–Crippen LogP) is 3.60. The Hall–Kier alpha value is -3.08. The number of methoxy groups -OCH3 is 2. The summed E-state index contributed by atoms with van der Waals surface area (Å²) in [5, 5.41) is 0.578. The molecule has 2 aliphatic heterocycles. The van der Waals surface area contributed by atoms with Gasteiger partial charge in [-0.1, -0.05) is 23.5 Å². The van der Waals surface area contributed by atoms with Gasteiger partial charge >= 0.3 is 0 Å². The standard InChI is InChI=1S/C26H31N3O6S/c1-17-23(35-19-8-5-4-7-18(19)34-17)25(30)29(12-6-11-28-13-15-33-16-14-28)26-27-22-20(31-2)9-10-21(32-3)24(22)36-26/h4-5,7-10,17,23H,6,11-16H2,1-3H3. The molecule has 10 heteroatoms. The van der Waals surface area contributed by atoms with Crippen LogP contribution in [0.1, 0.15) is 13.3 Å². The zero-order valence-electron chi connectivity index (χ0n) is 20.8. The second-order valence-corrected chi connectivity index (χ2v) is 9.73. The summed E-state index contributed by atoms with van der Waals surface area (Å²) in [5.41, 5.74) is 0.669. The van der Waals surface area contributed by atoms with E-state index < -0.39 is 12.2 Å². The summed E-state index contributed by atoms with van der Waals surface area (Å²) in [4.78, 5) is 22.9. The lowest BCUT2D eigenvalue weighted by atomic mass is 10.1. The lowest BCUT2D eigenvalue weighted by Crippen LogP contribution is -2.51. The molecule has 0 radical (unpaired) electrons. The largest absolute Gasteiger partial charge is 0.495 e. The fourth-order valence-corrected chi connectivity index (χ4v) is 5.62. The number of anilines is 1. The van der Waals surface area contributed by atoms with Gasteiger partial charge in [0.25, 0.3) is 5.91 Å². The smallest absolute Gasteiger partial charge is 0.273 e. The Bertz CT molecular complexity index is 1170. The normalized spacial score (nSPS) is 19.8. The van der Waals surface area contributed by atoms with E-state index in [0.29, 0.717) is 40.2 Å². The van der Waals surface area contributed by atoms with Gasteiger partial charge in [-0.3, -0.25) is 14.6 Å². The van der Waals surface area contributed by atoms with Crippen LogP contribution < -0.4 is 23.8 Å². The van der Waals surface area contributed by atoms with Crippen LogP contribution in [0.4, 0.5) is 5.13 Å². The Morgan fingerprint density at radius 1 is 1.08 bits per heavy atom. The number of nitrogens with zero attached hydrogens (tertiary/aromatic N) is 3. The minimum absolute atomic E-state index is 0.184. The van der Waals surface area contributed by atoms with Crippen molar-refractivity contribution in [3.05, 3.63) is 36.4 Å². The second-order valence-electron chi connectivity index (χ2n) is 8.75. The number of carbonyl (C=O) groups excluding carboxylic acids is 1. The number of hydrogen-bond donors (Lipinski definition) is 0. The van der Waals surface area contributed by atoms with Crippen molar-refractivity contribution in [3.63, 3.8) is 0 Å². The van der Waals surface area contributed by atoms with E-state index in [2.05, 4.69) is 4.90 Å². The number of hydrogen-bond acceptors (Lipinski definition) is 9. The SMILES string of the molecule is COc1ccc(OC)c2sc(N(CCCN3CCOCC3)C(=O)C3Oc4ccccc4OC3C)nc12. The van der Waals surface area contributed by atoms with Crippen LogP contribution in [0.2, 0.25) is 0 Å². The molecule has 1 aromatic heterocycles. The van der Waals surface area contributed by atoms with Gasteiger partial charge in [0, 0.05) is 26.2 Å². The molecule has 0 spiro atoms. The summed E-state index contributed by atoms with van der Waals surface area (Å²) in [6, 6.07) is 11.1. The molecule has 192 valence electrons. The number of para-hydroxylation sites is 2. The highest BCUT2D eigenvalue weighted by Gasteiger charge is 2.38. The molecule has 0 saturated carbocycles. The van der Waals surface area contributed by atoms with Crippen LogP contribution in [0.5, 0.6) is 23.0 Å². The minimum Gasteiger partial charge on any atom is -0.495 e. The van der Waals surface area contributed by atoms with Crippen LogP contribution >= 0.6 is 11.3 Å². The van der Waals surface area contributed by atoms with Gasteiger partial charge < -0.3 is 23.7 Å². The van der Waals surface area contributed by atoms with E-state index in [1.807, 2.05) is 43.3 Å². The van der Waals surface area contributed by atoms with E-state index in [1.165, 1.54) is 11.3 Å². The van der Waals surface area contributed by atoms with Crippen LogP contribution in [0, 0.1) is 0 Å². The van der Waals surface area contributed by atoms with Crippen LogP contribution in [0.15, 0.2) is 36.4 Å². The molecule has 2 unspecified atom stereocenters. The second kappa shape index (κ2) is 10.9. The molecule has 0 aliphatic carbocycles. The highest BCUT2D eigenvalue weighted by molar-refractivity contribution is 7.22. The van der Waals surface area contributed by atoms with Crippen molar-refractivity contribution in [2.75, 3.05) is 58.5 Å². The van der Waals surface area contributed by atoms with Gasteiger partial charge in [0.1, 0.15) is 27.8 Å². The van der Waals surface area contributed by atoms with Gasteiger partial charge in [0.05, 0.1) is 27.4 Å². The van der Waals surface area contributed by atoms with Crippen molar-refractivity contribution in [3.8, 4) is 23.0 Å². The quantitative estimate of drug-likeness (QED) is 0.452. The number of carbonyl (C=O) groups is 1. The first-order chi connectivity index (χ1) is 17.6. The van der Waals surface area contributed by atoms with Crippen LogP contribution in [0.25, 0.3) is 10.2 Å². The number of amides is 1. The number of fused-ring (bicyclic) bond motifs is 2. The fraction of sp³-hybridized carbons (Fsp3) is 0.462. The van der Waals surface area contributed by atoms with Crippen LogP contribution in [-0.4, -0.2) is 81.6 Å². The Morgan fingerprint density at radius 3 is 2.50 bits per heavy atom. The van der Waals surface area contributed by atoms with Crippen LogP contribution in [0.3, 0.4) is 0 Å². The Balaban J connectivity index is 1.45. The van der Waals surface area contributed by atoms with E-state index in [1.54, 1.807) is 19.1 Å². The lowest BCUT2D eigenvalue weighted by Gasteiger charge is -2.34. The first-order valence-corrected chi connectivity index (χ1v) is 13.0. The number of aromatic nitrogens is 1. The molecule has 5 rings (SSSR count). The molecule has 9 nitrogen and oxygen atoms in total. The van der Waals surface area contributed by atoms with Crippen molar-refractivity contribution in [2.24, 2.45) is 0 Å². The summed E-state index contributed by atoms with van der Waals surface area (Å²) < 4.78 is 29.6. The lowest BCUT2D eigenvalue weighted by molar-refractivity contribution is -0.130. The maximum atomic E-state index is 14.0. The zero-order valence-corrected chi connectivity index (χ0v) is 21.6. The highest BCUT2D eigenvalue weighted by atomic mass is 32.1. The average molecular weight is 514 g/mol. The maximum Gasteiger partial charge on any atom is 0.273 e. The minimum atomic E-state index is -0.793. The molecular formula is C26H31N3O6S. The summed E-state index contributed by atoms with van der Waals surface area (Å²) in [5.74, 6) is 2.34. The van der Waals surface area contributed by atoms with Gasteiger partial charge in [-0.15, -0.1) is 0 Å². The summed E-state index contributed by atoms with van der Waals surface area (Å²) in [7, 11) is 3.23. The average Bonchev–Trinajstić information content (AvgIpc) is 3.35. The van der Waals surface area contributed by atoms with Gasteiger partial charge in [-0.2, -0.15) is 0 Å². The first kappa shape index (κ1) is 24.6. The van der Waals surface area contributed by atoms with E-state index in [9.17, 15) is 4.79 Å². The molecule has 3 aromatic rings. The number of thiazole rings is 1. The molecule has 0 N–H and O–H groups in total.